The van der Waals surface area contributed by atoms with Crippen LogP contribution in [0.25, 0.3) is 38.4 Å². The standard InChI is InChI=1S/C23H11F3N4/c1-27-30-21-17-5-3-2-4-16(17)20-22(21)29-19-12-14(8-11-18(19)28-20)13-6-9-15(10-7-13)23(24,25)26/h2-12H. The summed E-state index contributed by atoms with van der Waals surface area (Å²) in [7, 11) is 0. The summed E-state index contributed by atoms with van der Waals surface area (Å²) in [5, 5.41) is 3.93. The molecule has 3 aromatic carbocycles. The number of rotatable bonds is 1. The van der Waals surface area contributed by atoms with Gasteiger partial charge in [0, 0.05) is 11.1 Å². The van der Waals surface area contributed by atoms with Gasteiger partial charge >= 0.3 is 6.18 Å². The van der Waals surface area contributed by atoms with E-state index in [2.05, 4.69) is 10.1 Å². The fourth-order valence-electron chi connectivity index (χ4n) is 3.61. The maximum absolute atomic E-state index is 12.8. The first-order valence-corrected chi connectivity index (χ1v) is 9.00. The minimum Gasteiger partial charge on any atom is -0.244 e. The first-order chi connectivity index (χ1) is 14.5. The van der Waals surface area contributed by atoms with Crippen LogP contribution in [0.1, 0.15) is 16.8 Å². The predicted molar refractivity (Wildman–Crippen MR) is 108 cm³/mol. The molecule has 7 heteroatoms. The van der Waals surface area contributed by atoms with Crippen molar-refractivity contribution in [1.82, 2.24) is 9.97 Å². The molecule has 0 aliphatic heterocycles. The summed E-state index contributed by atoms with van der Waals surface area (Å²) in [6.45, 7) is 7.13. The van der Waals surface area contributed by atoms with Crippen LogP contribution in [0, 0.1) is 6.57 Å². The van der Waals surface area contributed by atoms with Crippen molar-refractivity contribution in [2.45, 2.75) is 6.18 Å². The zero-order valence-electron chi connectivity index (χ0n) is 15.3. The third-order valence-corrected chi connectivity index (χ3v) is 5.02. The average Bonchev–Trinajstić information content (AvgIpc) is 3.05. The molecule has 0 atom stereocenters. The summed E-state index contributed by atoms with van der Waals surface area (Å²) in [6, 6.07) is 17.9. The molecular formula is C23H11F3N4. The molecule has 0 saturated heterocycles. The molecule has 0 unspecified atom stereocenters. The fraction of sp³-hybridized carbons (Fsp3) is 0.0435. The molecule has 5 rings (SSSR count). The minimum atomic E-state index is -4.37. The molecule has 4 nitrogen and oxygen atoms in total. The van der Waals surface area contributed by atoms with Gasteiger partial charge in [-0.1, -0.05) is 42.5 Å². The molecule has 1 aromatic heterocycles. The van der Waals surface area contributed by atoms with E-state index in [0.29, 0.717) is 33.7 Å². The molecule has 144 valence electrons. The molecule has 0 radical (unpaired) electrons. The Labute approximate surface area is 169 Å². The van der Waals surface area contributed by atoms with E-state index in [9.17, 15) is 13.2 Å². The monoisotopic (exact) mass is 400 g/mol. The SMILES string of the molecule is [C-]#[N+]N=C1c2ccccc2-c2nc3ccc(-c4ccc(C(F)(F)F)cc4)cc3nc21. The Morgan fingerprint density at radius 1 is 0.767 bits per heavy atom. The van der Waals surface area contributed by atoms with E-state index in [1.165, 1.54) is 12.1 Å². The van der Waals surface area contributed by atoms with Crippen LogP contribution in [-0.4, -0.2) is 15.7 Å². The summed E-state index contributed by atoms with van der Waals surface area (Å²) < 4.78 is 38.5. The van der Waals surface area contributed by atoms with Crippen LogP contribution >= 0.6 is 0 Å². The summed E-state index contributed by atoms with van der Waals surface area (Å²) in [5.74, 6) is 0. The Morgan fingerprint density at radius 2 is 1.43 bits per heavy atom. The molecule has 30 heavy (non-hydrogen) atoms. The normalized spacial score (nSPS) is 13.9. The Kier molecular flexibility index (Phi) is 3.90. The number of hydrogen-bond donors (Lipinski definition) is 0. The second kappa shape index (κ2) is 6.49. The van der Waals surface area contributed by atoms with Gasteiger partial charge in [-0.05, 0) is 35.4 Å². The van der Waals surface area contributed by atoms with Gasteiger partial charge in [-0.25, -0.2) is 9.97 Å². The maximum Gasteiger partial charge on any atom is 0.416 e. The van der Waals surface area contributed by atoms with Gasteiger partial charge in [-0.3, -0.25) is 0 Å². The predicted octanol–water partition coefficient (Wildman–Crippen LogP) is 5.97. The molecule has 0 spiro atoms. The number of nitrogens with zero attached hydrogens (tertiary/aromatic N) is 4. The highest BCUT2D eigenvalue weighted by atomic mass is 19.4. The molecule has 0 bridgehead atoms. The quantitative estimate of drug-likeness (QED) is 0.257. The first kappa shape index (κ1) is 18.0. The minimum absolute atomic E-state index is 0.477. The number of aromatic nitrogens is 2. The van der Waals surface area contributed by atoms with Gasteiger partial charge in [0.1, 0.15) is 5.69 Å². The Morgan fingerprint density at radius 3 is 2.13 bits per heavy atom. The number of benzene rings is 3. The number of fused-ring (bicyclic) bond motifs is 4. The van der Waals surface area contributed by atoms with Gasteiger partial charge in [-0.2, -0.15) is 19.7 Å². The largest absolute Gasteiger partial charge is 0.416 e. The molecule has 0 N–H and O–H groups in total. The number of halogens is 3. The lowest BCUT2D eigenvalue weighted by molar-refractivity contribution is -0.137. The van der Waals surface area contributed by atoms with E-state index in [0.717, 1.165) is 28.8 Å². The van der Waals surface area contributed by atoms with Crippen LogP contribution in [0.3, 0.4) is 0 Å². The highest BCUT2D eigenvalue weighted by Gasteiger charge is 2.31. The van der Waals surface area contributed by atoms with Crippen LogP contribution in [0.4, 0.5) is 13.2 Å². The van der Waals surface area contributed by atoms with Crippen molar-refractivity contribution in [1.29, 1.82) is 0 Å². The average molecular weight is 400 g/mol. The van der Waals surface area contributed by atoms with Gasteiger partial charge in [0.05, 0.1) is 27.4 Å². The molecule has 0 fully saturated rings. The van der Waals surface area contributed by atoms with Crippen LogP contribution in [0.15, 0.2) is 71.8 Å². The van der Waals surface area contributed by atoms with E-state index in [-0.39, 0.29) is 0 Å². The first-order valence-electron chi connectivity index (χ1n) is 9.00. The van der Waals surface area contributed by atoms with E-state index < -0.39 is 11.7 Å². The summed E-state index contributed by atoms with van der Waals surface area (Å²) in [5.41, 5.74) is 5.27. The second-order valence-electron chi connectivity index (χ2n) is 6.79. The smallest absolute Gasteiger partial charge is 0.244 e. The lowest BCUT2D eigenvalue weighted by Gasteiger charge is -2.09. The maximum atomic E-state index is 12.8. The Hall–Kier alpha value is -4.05. The van der Waals surface area contributed by atoms with Crippen LogP contribution in [-0.2, 0) is 6.18 Å². The third kappa shape index (κ3) is 2.81. The molecule has 1 aliphatic rings. The van der Waals surface area contributed by atoms with Crippen molar-refractivity contribution in [3.05, 3.63) is 95.1 Å². The van der Waals surface area contributed by atoms with Crippen LogP contribution in [0.2, 0.25) is 0 Å². The zero-order valence-corrected chi connectivity index (χ0v) is 15.3. The number of hydrogen-bond acceptors (Lipinski definition) is 3. The fourth-order valence-corrected chi connectivity index (χ4v) is 3.61. The lowest BCUT2D eigenvalue weighted by atomic mass is 10.0. The van der Waals surface area contributed by atoms with Crippen molar-refractivity contribution < 1.29 is 13.2 Å². The summed E-state index contributed by atoms with van der Waals surface area (Å²) >= 11 is 0. The van der Waals surface area contributed by atoms with Gasteiger partial charge < -0.3 is 0 Å². The Bertz CT molecular complexity index is 1380. The summed E-state index contributed by atoms with van der Waals surface area (Å²) in [6.07, 6.45) is -4.37. The van der Waals surface area contributed by atoms with Crippen molar-refractivity contribution in [3.8, 4) is 22.4 Å². The third-order valence-electron chi connectivity index (χ3n) is 5.02. The van der Waals surface area contributed by atoms with E-state index in [4.69, 9.17) is 16.5 Å². The molecule has 0 saturated carbocycles. The van der Waals surface area contributed by atoms with E-state index >= 15 is 0 Å². The van der Waals surface area contributed by atoms with Crippen molar-refractivity contribution >= 4 is 16.7 Å². The topological polar surface area (TPSA) is 42.5 Å². The lowest BCUT2D eigenvalue weighted by Crippen LogP contribution is -2.04. The van der Waals surface area contributed by atoms with Crippen molar-refractivity contribution in [3.63, 3.8) is 0 Å². The van der Waals surface area contributed by atoms with Crippen LogP contribution in [0.5, 0.6) is 0 Å². The highest BCUT2D eigenvalue weighted by molar-refractivity contribution is 6.23. The van der Waals surface area contributed by atoms with Crippen molar-refractivity contribution in [2.24, 2.45) is 5.10 Å². The number of alkyl halides is 3. The molecule has 1 heterocycles. The second-order valence-corrected chi connectivity index (χ2v) is 6.79. The molecule has 0 amide bonds. The highest BCUT2D eigenvalue weighted by Crippen LogP contribution is 2.36. The van der Waals surface area contributed by atoms with Gasteiger partial charge in [0.25, 0.3) is 0 Å². The van der Waals surface area contributed by atoms with Crippen LogP contribution < -0.4 is 0 Å². The Balaban J connectivity index is 1.64. The van der Waals surface area contributed by atoms with Gasteiger partial charge in [0.2, 0.25) is 0 Å². The molecule has 4 aromatic rings. The van der Waals surface area contributed by atoms with E-state index in [1.54, 1.807) is 18.2 Å². The van der Waals surface area contributed by atoms with Gasteiger partial charge in [0.15, 0.2) is 5.71 Å². The van der Waals surface area contributed by atoms with E-state index in [1.807, 2.05) is 24.3 Å². The summed E-state index contributed by atoms with van der Waals surface area (Å²) in [4.78, 5) is 12.6. The zero-order chi connectivity index (χ0) is 20.9. The molecular weight excluding hydrogens is 389 g/mol. The van der Waals surface area contributed by atoms with Crippen molar-refractivity contribution in [2.75, 3.05) is 0 Å². The van der Waals surface area contributed by atoms with Gasteiger partial charge in [-0.15, -0.1) is 4.95 Å². The molecule has 1 aliphatic carbocycles.